The van der Waals surface area contributed by atoms with E-state index in [4.69, 9.17) is 23.8 Å². The summed E-state index contributed by atoms with van der Waals surface area (Å²) in [6, 6.07) is 17.4. The molecule has 0 spiro atoms. The number of hydrogen-bond acceptors (Lipinski definition) is 2. The maximum atomic E-state index is 5.80. The first kappa shape index (κ1) is 14.5. The minimum atomic E-state index is 0.485. The molecule has 0 aromatic heterocycles. The molecule has 2 aromatic carbocycles. The van der Waals surface area contributed by atoms with E-state index >= 15 is 0 Å². The number of hydrazone groups is 1. The third kappa shape index (κ3) is 4.99. The summed E-state index contributed by atoms with van der Waals surface area (Å²) in [4.78, 5) is 0. The monoisotopic (exact) mass is 303 g/mol. The van der Waals surface area contributed by atoms with Gasteiger partial charge in [0, 0.05) is 11.6 Å². The van der Waals surface area contributed by atoms with Gasteiger partial charge in [-0.3, -0.25) is 5.43 Å². The second kappa shape index (κ2) is 7.62. The molecular weight excluding hydrogens is 290 g/mol. The maximum absolute atomic E-state index is 5.80. The Morgan fingerprint density at radius 1 is 1.10 bits per heavy atom. The van der Waals surface area contributed by atoms with Crippen molar-refractivity contribution in [2.24, 2.45) is 5.10 Å². The zero-order valence-electron chi connectivity index (χ0n) is 10.7. The molecule has 2 rings (SSSR count). The highest BCUT2D eigenvalue weighted by atomic mass is 35.5. The van der Waals surface area contributed by atoms with Crippen molar-refractivity contribution in [1.82, 2.24) is 10.7 Å². The summed E-state index contributed by atoms with van der Waals surface area (Å²) < 4.78 is 0. The topological polar surface area (TPSA) is 36.4 Å². The van der Waals surface area contributed by atoms with Crippen LogP contribution >= 0.6 is 23.8 Å². The molecule has 0 fully saturated rings. The molecule has 0 heterocycles. The fraction of sp³-hybridized carbons (Fsp3) is 0.0667. The Balaban J connectivity index is 1.76. The van der Waals surface area contributed by atoms with E-state index in [0.717, 1.165) is 5.56 Å². The van der Waals surface area contributed by atoms with E-state index < -0.39 is 0 Å². The first-order chi connectivity index (χ1) is 9.74. The van der Waals surface area contributed by atoms with Crippen molar-refractivity contribution in [3.8, 4) is 0 Å². The van der Waals surface area contributed by atoms with E-state index in [9.17, 15) is 0 Å². The Bertz CT molecular complexity index is 582. The summed E-state index contributed by atoms with van der Waals surface area (Å²) >= 11 is 10.9. The summed E-state index contributed by atoms with van der Waals surface area (Å²) in [7, 11) is 0. The van der Waals surface area contributed by atoms with Crippen LogP contribution in [0.1, 0.15) is 11.1 Å². The van der Waals surface area contributed by atoms with Crippen LogP contribution in [0.25, 0.3) is 0 Å². The van der Waals surface area contributed by atoms with Crippen LogP contribution < -0.4 is 10.7 Å². The summed E-state index contributed by atoms with van der Waals surface area (Å²) in [6.07, 6.45) is 1.69. The minimum Gasteiger partial charge on any atom is -0.357 e. The number of nitrogens with zero attached hydrogens (tertiary/aromatic N) is 1. The SMILES string of the molecule is S=C(NCc1ccccc1)N/N=C/c1ccc(Cl)cc1. The smallest absolute Gasteiger partial charge is 0.187 e. The second-order valence-electron chi connectivity index (χ2n) is 4.09. The van der Waals surface area contributed by atoms with E-state index in [-0.39, 0.29) is 0 Å². The highest BCUT2D eigenvalue weighted by molar-refractivity contribution is 7.80. The molecule has 0 aliphatic carbocycles. The lowest BCUT2D eigenvalue weighted by Gasteiger charge is -2.06. The lowest BCUT2D eigenvalue weighted by molar-refractivity contribution is 0.869. The minimum absolute atomic E-state index is 0.485. The molecule has 0 amide bonds. The lowest BCUT2D eigenvalue weighted by Crippen LogP contribution is -2.31. The highest BCUT2D eigenvalue weighted by Crippen LogP contribution is 2.07. The largest absolute Gasteiger partial charge is 0.357 e. The number of benzene rings is 2. The van der Waals surface area contributed by atoms with Gasteiger partial charge in [-0.2, -0.15) is 5.10 Å². The van der Waals surface area contributed by atoms with Crippen molar-refractivity contribution in [3.63, 3.8) is 0 Å². The average Bonchev–Trinajstić information content (AvgIpc) is 2.48. The van der Waals surface area contributed by atoms with Gasteiger partial charge < -0.3 is 5.32 Å². The Morgan fingerprint density at radius 3 is 2.50 bits per heavy atom. The summed E-state index contributed by atoms with van der Waals surface area (Å²) in [5, 5.41) is 8.33. The van der Waals surface area contributed by atoms with Crippen LogP contribution in [0.15, 0.2) is 59.7 Å². The normalized spacial score (nSPS) is 10.4. The van der Waals surface area contributed by atoms with Crippen LogP contribution in [0.4, 0.5) is 0 Å². The van der Waals surface area contributed by atoms with Gasteiger partial charge >= 0.3 is 0 Å². The van der Waals surface area contributed by atoms with Gasteiger partial charge in [0.1, 0.15) is 0 Å². The van der Waals surface area contributed by atoms with Crippen LogP contribution in [0.5, 0.6) is 0 Å². The van der Waals surface area contributed by atoms with Gasteiger partial charge in [-0.05, 0) is 35.5 Å². The molecule has 0 saturated carbocycles. The number of rotatable bonds is 4. The zero-order valence-corrected chi connectivity index (χ0v) is 12.3. The van der Waals surface area contributed by atoms with Gasteiger partial charge in [0.05, 0.1) is 6.21 Å². The summed E-state index contributed by atoms with van der Waals surface area (Å²) in [6.45, 7) is 0.670. The van der Waals surface area contributed by atoms with Crippen LogP contribution in [0, 0.1) is 0 Å². The zero-order chi connectivity index (χ0) is 14.2. The molecule has 0 radical (unpaired) electrons. The molecule has 0 aliphatic rings. The van der Waals surface area contributed by atoms with Crippen molar-refractivity contribution in [1.29, 1.82) is 0 Å². The predicted molar refractivity (Wildman–Crippen MR) is 88.1 cm³/mol. The van der Waals surface area contributed by atoms with Crippen LogP contribution in [0.2, 0.25) is 5.02 Å². The number of nitrogens with one attached hydrogen (secondary N) is 2. The third-order valence-corrected chi connectivity index (χ3v) is 3.03. The Hall–Kier alpha value is -1.91. The molecule has 0 aliphatic heterocycles. The number of thiocarbonyl (C=S) groups is 1. The predicted octanol–water partition coefficient (Wildman–Crippen LogP) is 3.34. The van der Waals surface area contributed by atoms with Crippen molar-refractivity contribution in [2.45, 2.75) is 6.54 Å². The molecule has 20 heavy (non-hydrogen) atoms. The molecule has 2 N–H and O–H groups in total. The van der Waals surface area contributed by atoms with Crippen LogP contribution in [-0.4, -0.2) is 11.3 Å². The van der Waals surface area contributed by atoms with E-state index in [1.165, 1.54) is 5.56 Å². The maximum Gasteiger partial charge on any atom is 0.187 e. The fourth-order valence-electron chi connectivity index (χ4n) is 1.53. The Kier molecular flexibility index (Phi) is 5.53. The second-order valence-corrected chi connectivity index (χ2v) is 4.93. The third-order valence-electron chi connectivity index (χ3n) is 2.55. The van der Waals surface area contributed by atoms with Crippen molar-refractivity contribution >= 4 is 35.1 Å². The molecule has 0 saturated heterocycles. The molecule has 3 nitrogen and oxygen atoms in total. The van der Waals surface area contributed by atoms with Crippen LogP contribution in [-0.2, 0) is 6.54 Å². The van der Waals surface area contributed by atoms with Crippen molar-refractivity contribution in [3.05, 3.63) is 70.7 Å². The number of hydrogen-bond donors (Lipinski definition) is 2. The Morgan fingerprint density at radius 2 is 1.80 bits per heavy atom. The first-order valence-corrected chi connectivity index (χ1v) is 6.89. The average molecular weight is 304 g/mol. The quantitative estimate of drug-likeness (QED) is 0.517. The van der Waals surface area contributed by atoms with Crippen LogP contribution in [0.3, 0.4) is 0 Å². The molecule has 0 bridgehead atoms. The van der Waals surface area contributed by atoms with Gasteiger partial charge in [-0.1, -0.05) is 54.1 Å². The molecule has 5 heteroatoms. The number of halogens is 1. The molecular formula is C15H14ClN3S. The summed E-state index contributed by atoms with van der Waals surface area (Å²) in [5.41, 5.74) is 4.89. The van der Waals surface area contributed by atoms with Gasteiger partial charge in [0.2, 0.25) is 0 Å². The molecule has 102 valence electrons. The van der Waals surface area contributed by atoms with Gasteiger partial charge in [0.25, 0.3) is 0 Å². The molecule has 0 atom stereocenters. The van der Waals surface area contributed by atoms with E-state index in [0.29, 0.717) is 16.7 Å². The molecule has 2 aromatic rings. The van der Waals surface area contributed by atoms with E-state index in [2.05, 4.69) is 15.8 Å². The summed E-state index contributed by atoms with van der Waals surface area (Å²) in [5.74, 6) is 0. The first-order valence-electron chi connectivity index (χ1n) is 6.10. The Labute approximate surface area is 128 Å². The standard InChI is InChI=1S/C15H14ClN3S/c16-14-8-6-13(7-9-14)11-18-19-15(20)17-10-12-4-2-1-3-5-12/h1-9,11H,10H2,(H2,17,19,20)/b18-11+. The van der Waals surface area contributed by atoms with Gasteiger partial charge in [-0.25, -0.2) is 0 Å². The fourth-order valence-corrected chi connectivity index (χ4v) is 1.78. The van der Waals surface area contributed by atoms with E-state index in [1.54, 1.807) is 6.21 Å². The van der Waals surface area contributed by atoms with Crippen molar-refractivity contribution in [2.75, 3.05) is 0 Å². The highest BCUT2D eigenvalue weighted by Gasteiger charge is 1.94. The van der Waals surface area contributed by atoms with Gasteiger partial charge in [0.15, 0.2) is 5.11 Å². The van der Waals surface area contributed by atoms with Gasteiger partial charge in [-0.15, -0.1) is 0 Å². The lowest BCUT2D eigenvalue weighted by atomic mass is 10.2. The molecule has 0 unspecified atom stereocenters. The van der Waals surface area contributed by atoms with Crippen molar-refractivity contribution < 1.29 is 0 Å². The van der Waals surface area contributed by atoms with E-state index in [1.807, 2.05) is 54.6 Å².